The first-order valence-corrected chi connectivity index (χ1v) is 4.14. The molecule has 0 saturated heterocycles. The smallest absolute Gasteiger partial charge is 0.298 e. The summed E-state index contributed by atoms with van der Waals surface area (Å²) in [6.07, 6.45) is 6.34. The fraction of sp³-hybridized carbons (Fsp3) is 0.250. The maximum atomic E-state index is 11.4. The van der Waals surface area contributed by atoms with Gasteiger partial charge < -0.3 is 20.9 Å². The molecule has 0 aromatic carbocycles. The van der Waals surface area contributed by atoms with Crippen LogP contribution in [0.3, 0.4) is 0 Å². The van der Waals surface area contributed by atoms with Gasteiger partial charge in [-0.3, -0.25) is 9.59 Å². The summed E-state index contributed by atoms with van der Waals surface area (Å²) in [5.41, 5.74) is 7.58. The number of carbonyl (C=O) groups is 2. The summed E-state index contributed by atoms with van der Waals surface area (Å²) in [4.78, 5) is 22.9. The SMILES string of the molecule is O=C(C(=O)N1C=CC[N-]1)N1C=CC[N-]1. The van der Waals surface area contributed by atoms with Crippen LogP contribution in [-0.4, -0.2) is 34.9 Å². The Bertz CT molecular complexity index is 291. The van der Waals surface area contributed by atoms with Crippen molar-refractivity contribution in [1.82, 2.24) is 10.0 Å². The van der Waals surface area contributed by atoms with Gasteiger partial charge in [0.25, 0.3) is 11.8 Å². The Hall–Kier alpha value is -1.66. The molecule has 0 radical (unpaired) electrons. The molecule has 2 aliphatic rings. The van der Waals surface area contributed by atoms with E-state index in [2.05, 4.69) is 10.9 Å². The molecule has 0 bridgehead atoms. The van der Waals surface area contributed by atoms with E-state index >= 15 is 0 Å². The molecule has 0 aromatic rings. The van der Waals surface area contributed by atoms with Crippen molar-refractivity contribution in [2.45, 2.75) is 0 Å². The number of carbonyl (C=O) groups excluding carboxylic acids is 2. The van der Waals surface area contributed by atoms with Gasteiger partial charge in [0.05, 0.1) is 0 Å². The summed E-state index contributed by atoms with van der Waals surface area (Å²) < 4.78 is 0. The zero-order valence-corrected chi connectivity index (χ0v) is 7.33. The maximum absolute atomic E-state index is 11.4. The number of nitrogens with zero attached hydrogens (tertiary/aromatic N) is 4. The third kappa shape index (κ3) is 1.52. The first-order chi connectivity index (χ1) is 6.79. The zero-order chi connectivity index (χ0) is 9.97. The van der Waals surface area contributed by atoms with Gasteiger partial charge in [-0.05, 0) is 12.4 Å². The third-order valence-electron chi connectivity index (χ3n) is 1.77. The first-order valence-electron chi connectivity index (χ1n) is 4.14. The van der Waals surface area contributed by atoms with Gasteiger partial charge in [-0.2, -0.15) is 0 Å². The van der Waals surface area contributed by atoms with E-state index in [4.69, 9.17) is 0 Å². The van der Waals surface area contributed by atoms with Crippen LogP contribution >= 0.6 is 0 Å². The van der Waals surface area contributed by atoms with Crippen LogP contribution in [0.2, 0.25) is 0 Å². The average Bonchev–Trinajstić information content (AvgIpc) is 2.87. The lowest BCUT2D eigenvalue weighted by molar-refractivity contribution is -0.146. The molecule has 2 heterocycles. The molecule has 2 amide bonds. The highest BCUT2D eigenvalue weighted by Crippen LogP contribution is 2.13. The topological polar surface area (TPSA) is 68.8 Å². The lowest BCUT2D eigenvalue weighted by atomic mass is 10.5. The summed E-state index contributed by atoms with van der Waals surface area (Å²) in [5.74, 6) is -1.37. The van der Waals surface area contributed by atoms with Gasteiger partial charge >= 0.3 is 0 Å². The van der Waals surface area contributed by atoms with Crippen LogP contribution in [0.4, 0.5) is 0 Å². The predicted octanol–water partition coefficient (Wildman–Crippen LogP) is 0.276. The van der Waals surface area contributed by atoms with E-state index in [9.17, 15) is 9.59 Å². The summed E-state index contributed by atoms with van der Waals surface area (Å²) in [6.45, 7) is 0.873. The van der Waals surface area contributed by atoms with E-state index in [0.717, 1.165) is 10.0 Å². The second-order valence-corrected chi connectivity index (χ2v) is 2.72. The number of rotatable bonds is 0. The van der Waals surface area contributed by atoms with Crippen molar-refractivity contribution in [2.24, 2.45) is 0 Å². The summed E-state index contributed by atoms with van der Waals surface area (Å²) in [7, 11) is 0. The van der Waals surface area contributed by atoms with E-state index in [1.165, 1.54) is 12.4 Å². The number of amides is 2. The van der Waals surface area contributed by atoms with Crippen molar-refractivity contribution >= 4 is 11.8 Å². The molecule has 0 aromatic heterocycles. The second kappa shape index (κ2) is 3.60. The summed E-state index contributed by atoms with van der Waals surface area (Å²) in [5, 5.41) is 2.06. The van der Waals surface area contributed by atoms with Gasteiger partial charge in [0.2, 0.25) is 0 Å². The minimum atomic E-state index is -0.686. The Labute approximate surface area is 80.8 Å². The largest absolute Gasteiger partial charge is 0.557 e. The van der Waals surface area contributed by atoms with Crippen LogP contribution in [0, 0.1) is 0 Å². The normalized spacial score (nSPS) is 19.4. The van der Waals surface area contributed by atoms with Crippen molar-refractivity contribution in [3.05, 3.63) is 35.4 Å². The quantitative estimate of drug-likeness (QED) is 0.517. The highest BCUT2D eigenvalue weighted by atomic mass is 16.2. The Morgan fingerprint density at radius 1 is 0.929 bits per heavy atom. The summed E-state index contributed by atoms with van der Waals surface area (Å²) in [6, 6.07) is 0. The molecule has 0 N–H and O–H groups in total. The molecule has 14 heavy (non-hydrogen) atoms. The lowest BCUT2D eigenvalue weighted by Crippen LogP contribution is -2.35. The monoisotopic (exact) mass is 192 g/mol. The molecule has 6 heteroatoms. The summed E-state index contributed by atoms with van der Waals surface area (Å²) >= 11 is 0. The molecular weight excluding hydrogens is 184 g/mol. The van der Waals surface area contributed by atoms with Crippen molar-refractivity contribution < 1.29 is 9.59 Å². The molecule has 0 saturated carbocycles. The molecule has 6 nitrogen and oxygen atoms in total. The molecule has 0 unspecified atom stereocenters. The molecule has 0 atom stereocenters. The van der Waals surface area contributed by atoms with Gasteiger partial charge in [0.1, 0.15) is 0 Å². The Kier molecular flexibility index (Phi) is 2.30. The maximum Gasteiger partial charge on any atom is 0.298 e. The van der Waals surface area contributed by atoms with Crippen LogP contribution in [0.1, 0.15) is 0 Å². The van der Waals surface area contributed by atoms with Gasteiger partial charge in [-0.1, -0.05) is 12.2 Å². The van der Waals surface area contributed by atoms with E-state index in [-0.39, 0.29) is 0 Å². The van der Waals surface area contributed by atoms with Crippen LogP contribution < -0.4 is 0 Å². The molecule has 2 aliphatic heterocycles. The zero-order valence-electron chi connectivity index (χ0n) is 7.33. The predicted molar refractivity (Wildman–Crippen MR) is 48.4 cm³/mol. The van der Waals surface area contributed by atoms with Crippen molar-refractivity contribution in [3.8, 4) is 0 Å². The lowest BCUT2D eigenvalue weighted by Gasteiger charge is -2.33. The van der Waals surface area contributed by atoms with E-state index in [1.54, 1.807) is 12.2 Å². The fourth-order valence-electron chi connectivity index (χ4n) is 1.12. The molecule has 74 valence electrons. The van der Waals surface area contributed by atoms with E-state index in [0.29, 0.717) is 13.1 Å². The van der Waals surface area contributed by atoms with Crippen LogP contribution in [0.25, 0.3) is 10.9 Å². The molecular formula is C8H8N4O2-2. The third-order valence-corrected chi connectivity index (χ3v) is 1.77. The van der Waals surface area contributed by atoms with E-state index < -0.39 is 11.8 Å². The number of hydrogen-bond donors (Lipinski definition) is 0. The van der Waals surface area contributed by atoms with Gasteiger partial charge in [-0.15, -0.1) is 13.1 Å². The highest BCUT2D eigenvalue weighted by molar-refractivity contribution is 6.36. The van der Waals surface area contributed by atoms with Crippen molar-refractivity contribution in [2.75, 3.05) is 13.1 Å². The molecule has 0 spiro atoms. The first kappa shape index (κ1) is 8.92. The molecule has 2 rings (SSSR count). The number of hydrogen-bond acceptors (Lipinski definition) is 2. The fourth-order valence-corrected chi connectivity index (χ4v) is 1.12. The van der Waals surface area contributed by atoms with Crippen LogP contribution in [0.15, 0.2) is 24.6 Å². The molecule has 0 fully saturated rings. The van der Waals surface area contributed by atoms with E-state index in [1.807, 2.05) is 0 Å². The van der Waals surface area contributed by atoms with Crippen molar-refractivity contribution in [1.29, 1.82) is 0 Å². The Balaban J connectivity index is 2.00. The van der Waals surface area contributed by atoms with Gasteiger partial charge in [0, 0.05) is 0 Å². The average molecular weight is 192 g/mol. The van der Waals surface area contributed by atoms with Crippen LogP contribution in [0.5, 0.6) is 0 Å². The van der Waals surface area contributed by atoms with Gasteiger partial charge in [-0.25, -0.2) is 0 Å². The Morgan fingerprint density at radius 2 is 1.36 bits per heavy atom. The van der Waals surface area contributed by atoms with Gasteiger partial charge in [0.15, 0.2) is 0 Å². The van der Waals surface area contributed by atoms with Crippen molar-refractivity contribution in [3.63, 3.8) is 0 Å². The Morgan fingerprint density at radius 3 is 1.64 bits per heavy atom. The second-order valence-electron chi connectivity index (χ2n) is 2.72. The van der Waals surface area contributed by atoms with Crippen LogP contribution in [-0.2, 0) is 9.59 Å². The molecule has 0 aliphatic carbocycles. The minimum absolute atomic E-state index is 0.437. The highest BCUT2D eigenvalue weighted by Gasteiger charge is 2.17. The standard InChI is InChI=1S/C8H8N4O2/c13-7(11-5-1-3-9-11)8(14)12-6-2-4-10-12/h1-2,5-6H,3-4H2/q-2. The minimum Gasteiger partial charge on any atom is -0.557 e.